The maximum absolute atomic E-state index is 13.5. The average Bonchev–Trinajstić information content (AvgIpc) is 3.44. The first-order chi connectivity index (χ1) is 15.1. The van der Waals surface area contributed by atoms with Gasteiger partial charge in [-0.25, -0.2) is 4.98 Å². The molecule has 6 nitrogen and oxygen atoms in total. The Kier molecular flexibility index (Phi) is 6.80. The number of halogens is 1. The third kappa shape index (κ3) is 4.87. The summed E-state index contributed by atoms with van der Waals surface area (Å²) in [5.74, 6) is 0.358. The predicted octanol–water partition coefficient (Wildman–Crippen LogP) is 5.70. The molecule has 0 saturated heterocycles. The van der Waals surface area contributed by atoms with E-state index >= 15 is 0 Å². The van der Waals surface area contributed by atoms with Gasteiger partial charge in [-0.05, 0) is 31.3 Å². The Hall–Kier alpha value is -2.55. The first-order valence-electron chi connectivity index (χ1n) is 10.2. The van der Waals surface area contributed by atoms with Crippen LogP contribution in [0.3, 0.4) is 0 Å². The molecule has 2 heterocycles. The van der Waals surface area contributed by atoms with Gasteiger partial charge in [0, 0.05) is 29.2 Å². The van der Waals surface area contributed by atoms with Crippen LogP contribution in [0.4, 0.5) is 5.13 Å². The molecule has 0 saturated carbocycles. The van der Waals surface area contributed by atoms with Gasteiger partial charge in [-0.15, -0.1) is 0 Å². The quantitative estimate of drug-likeness (QED) is 0.311. The number of rotatable bonds is 8. The molecule has 0 fully saturated rings. The molecular formula is C23H23BrN4O2S. The maximum atomic E-state index is 13.5. The number of likely N-dealkylation sites (N-methyl/N-ethyl adjacent to an activating group) is 1. The predicted molar refractivity (Wildman–Crippen MR) is 129 cm³/mol. The second kappa shape index (κ2) is 9.72. The van der Waals surface area contributed by atoms with Gasteiger partial charge in [-0.1, -0.05) is 76.6 Å². The molecular weight excluding hydrogens is 476 g/mol. The number of amides is 1. The molecule has 0 N–H and O–H groups in total. The first kappa shape index (κ1) is 21.7. The van der Waals surface area contributed by atoms with Gasteiger partial charge in [-0.2, -0.15) is 0 Å². The van der Waals surface area contributed by atoms with Crippen molar-refractivity contribution in [3.8, 4) is 11.3 Å². The summed E-state index contributed by atoms with van der Waals surface area (Å²) in [5.41, 5.74) is 2.03. The second-order valence-corrected chi connectivity index (χ2v) is 8.96. The van der Waals surface area contributed by atoms with Crippen LogP contribution >= 0.6 is 27.3 Å². The number of anilines is 1. The number of hydrogen-bond acceptors (Lipinski definition) is 6. The fourth-order valence-corrected chi connectivity index (χ4v) is 4.86. The summed E-state index contributed by atoms with van der Waals surface area (Å²) >= 11 is 5.01. The Morgan fingerprint density at radius 1 is 1.06 bits per heavy atom. The number of carbonyl (C=O) groups is 1. The Bertz CT molecular complexity index is 1170. The molecule has 2 aromatic heterocycles. The summed E-state index contributed by atoms with van der Waals surface area (Å²) in [5, 5.41) is 4.73. The normalized spacial score (nSPS) is 11.4. The molecule has 0 unspecified atom stereocenters. The van der Waals surface area contributed by atoms with E-state index in [1.807, 2.05) is 48.5 Å². The van der Waals surface area contributed by atoms with E-state index < -0.39 is 0 Å². The molecule has 4 rings (SSSR count). The van der Waals surface area contributed by atoms with Crippen LogP contribution in [0, 0.1) is 0 Å². The van der Waals surface area contributed by atoms with Crippen molar-refractivity contribution in [2.45, 2.75) is 13.8 Å². The highest BCUT2D eigenvalue weighted by molar-refractivity contribution is 9.10. The highest BCUT2D eigenvalue weighted by atomic mass is 79.9. The third-order valence-electron chi connectivity index (χ3n) is 5.14. The lowest BCUT2D eigenvalue weighted by molar-refractivity contribution is 0.0975. The van der Waals surface area contributed by atoms with Gasteiger partial charge >= 0.3 is 0 Å². The van der Waals surface area contributed by atoms with Crippen molar-refractivity contribution in [1.29, 1.82) is 0 Å². The van der Waals surface area contributed by atoms with Crippen LogP contribution in [0.1, 0.15) is 24.3 Å². The molecule has 160 valence electrons. The lowest BCUT2D eigenvalue weighted by atomic mass is 10.1. The number of nitrogens with zero attached hydrogens (tertiary/aromatic N) is 4. The zero-order chi connectivity index (χ0) is 21.8. The average molecular weight is 499 g/mol. The van der Waals surface area contributed by atoms with Gasteiger partial charge in [0.1, 0.15) is 0 Å². The van der Waals surface area contributed by atoms with Gasteiger partial charge in [0.15, 0.2) is 16.6 Å². The summed E-state index contributed by atoms with van der Waals surface area (Å²) in [4.78, 5) is 22.2. The lowest BCUT2D eigenvalue weighted by Crippen LogP contribution is -2.39. The number of fused-ring (bicyclic) bond motifs is 1. The van der Waals surface area contributed by atoms with Crippen LogP contribution in [-0.2, 0) is 0 Å². The zero-order valence-corrected chi connectivity index (χ0v) is 19.8. The molecule has 31 heavy (non-hydrogen) atoms. The van der Waals surface area contributed by atoms with E-state index in [9.17, 15) is 4.79 Å². The van der Waals surface area contributed by atoms with Crippen molar-refractivity contribution in [1.82, 2.24) is 15.0 Å². The fraction of sp³-hybridized carbons (Fsp3) is 0.261. The molecule has 0 aliphatic rings. The van der Waals surface area contributed by atoms with E-state index in [0.717, 1.165) is 39.9 Å². The van der Waals surface area contributed by atoms with Crippen LogP contribution in [0.2, 0.25) is 0 Å². The van der Waals surface area contributed by atoms with E-state index in [1.165, 1.54) is 11.3 Å². The molecule has 2 aromatic carbocycles. The number of carbonyl (C=O) groups excluding carboxylic acids is 1. The van der Waals surface area contributed by atoms with Crippen LogP contribution in [0.5, 0.6) is 0 Å². The summed E-state index contributed by atoms with van der Waals surface area (Å²) in [6, 6.07) is 17.3. The summed E-state index contributed by atoms with van der Waals surface area (Å²) in [6.07, 6.45) is 0. The van der Waals surface area contributed by atoms with Crippen molar-refractivity contribution < 1.29 is 9.32 Å². The fourth-order valence-electron chi connectivity index (χ4n) is 3.32. The molecule has 1 amide bonds. The highest BCUT2D eigenvalue weighted by Gasteiger charge is 2.25. The van der Waals surface area contributed by atoms with Crippen LogP contribution in [0.25, 0.3) is 21.5 Å². The lowest BCUT2D eigenvalue weighted by Gasteiger charge is -2.24. The van der Waals surface area contributed by atoms with Crippen LogP contribution in [0.15, 0.2) is 63.6 Å². The molecule has 0 aliphatic heterocycles. The van der Waals surface area contributed by atoms with Gasteiger partial charge in [-0.3, -0.25) is 9.69 Å². The Labute approximate surface area is 193 Å². The van der Waals surface area contributed by atoms with Gasteiger partial charge in [0.05, 0.1) is 10.2 Å². The SMILES string of the molecule is CCN(CC)CCN(C(=O)c1cc(-c2ccccc2)on1)c1nc2ccc(Br)cc2s1. The standard InChI is InChI=1S/C23H23BrN4O2S/c1-3-27(4-2)12-13-28(23-25-18-11-10-17(24)14-21(18)31-23)22(29)19-15-20(30-26-19)16-8-6-5-7-9-16/h5-11,14-15H,3-4,12-13H2,1-2H3. The van der Waals surface area contributed by atoms with Crippen molar-refractivity contribution in [2.24, 2.45) is 0 Å². The zero-order valence-electron chi connectivity index (χ0n) is 17.4. The van der Waals surface area contributed by atoms with Crippen LogP contribution < -0.4 is 4.90 Å². The molecule has 0 aliphatic carbocycles. The smallest absolute Gasteiger partial charge is 0.282 e. The van der Waals surface area contributed by atoms with Crippen molar-refractivity contribution >= 4 is 48.5 Å². The topological polar surface area (TPSA) is 62.5 Å². The molecule has 0 spiro atoms. The largest absolute Gasteiger partial charge is 0.355 e. The molecule has 0 bridgehead atoms. The molecule has 0 radical (unpaired) electrons. The number of benzene rings is 2. The molecule has 8 heteroatoms. The minimum absolute atomic E-state index is 0.212. The highest BCUT2D eigenvalue weighted by Crippen LogP contribution is 2.32. The summed E-state index contributed by atoms with van der Waals surface area (Å²) in [7, 11) is 0. The maximum Gasteiger partial charge on any atom is 0.282 e. The Morgan fingerprint density at radius 3 is 2.58 bits per heavy atom. The van der Waals surface area contributed by atoms with Gasteiger partial charge in [0.25, 0.3) is 5.91 Å². The number of aromatic nitrogens is 2. The molecule has 4 aromatic rings. The second-order valence-electron chi connectivity index (χ2n) is 7.03. The van der Waals surface area contributed by atoms with Crippen molar-refractivity contribution in [3.63, 3.8) is 0 Å². The first-order valence-corrected chi connectivity index (χ1v) is 11.8. The van der Waals surface area contributed by atoms with Crippen molar-refractivity contribution in [2.75, 3.05) is 31.1 Å². The Morgan fingerprint density at radius 2 is 1.84 bits per heavy atom. The third-order valence-corrected chi connectivity index (χ3v) is 6.67. The van der Waals surface area contributed by atoms with Crippen LogP contribution in [-0.4, -0.2) is 47.1 Å². The molecule has 0 atom stereocenters. The van der Waals surface area contributed by atoms with E-state index in [1.54, 1.807) is 11.0 Å². The van der Waals surface area contributed by atoms with Crippen molar-refractivity contribution in [3.05, 3.63) is 64.8 Å². The summed E-state index contributed by atoms with van der Waals surface area (Å²) in [6.45, 7) is 7.36. The monoisotopic (exact) mass is 498 g/mol. The Balaban J connectivity index is 1.66. The van der Waals surface area contributed by atoms with Gasteiger partial charge < -0.3 is 9.42 Å². The van der Waals surface area contributed by atoms with Gasteiger partial charge in [0.2, 0.25) is 0 Å². The van der Waals surface area contributed by atoms with E-state index in [4.69, 9.17) is 9.51 Å². The van der Waals surface area contributed by atoms with E-state index in [-0.39, 0.29) is 11.6 Å². The summed E-state index contributed by atoms with van der Waals surface area (Å²) < 4.78 is 7.48. The number of thiazole rings is 1. The van der Waals surface area contributed by atoms with E-state index in [0.29, 0.717) is 17.4 Å². The minimum atomic E-state index is -0.212. The minimum Gasteiger partial charge on any atom is -0.355 e. The number of hydrogen-bond donors (Lipinski definition) is 0. The van der Waals surface area contributed by atoms with E-state index in [2.05, 4.69) is 39.8 Å².